The van der Waals surface area contributed by atoms with E-state index in [0.717, 1.165) is 11.3 Å². The molecule has 168 valence electrons. The van der Waals surface area contributed by atoms with Crippen LogP contribution in [0.1, 0.15) is 21.6 Å². The number of para-hydroxylation sites is 2. The van der Waals surface area contributed by atoms with Crippen molar-refractivity contribution in [2.75, 3.05) is 12.8 Å². The highest BCUT2D eigenvalue weighted by Gasteiger charge is 2.24. The number of anilines is 1. The van der Waals surface area contributed by atoms with Gasteiger partial charge in [-0.05, 0) is 42.0 Å². The topological polar surface area (TPSA) is 120 Å². The van der Waals surface area contributed by atoms with E-state index in [1.54, 1.807) is 19.5 Å². The number of nitrogens with zero attached hydrogens (tertiary/aromatic N) is 5. The molecule has 0 saturated carbocycles. The van der Waals surface area contributed by atoms with Gasteiger partial charge < -0.3 is 15.8 Å². The van der Waals surface area contributed by atoms with Crippen LogP contribution in [-0.2, 0) is 6.54 Å². The first-order valence-electron chi connectivity index (χ1n) is 10.6. The number of pyridine rings is 1. The Morgan fingerprint density at radius 1 is 1.06 bits per heavy atom. The number of carbonyl (C=O) groups is 1. The number of amides is 1. The summed E-state index contributed by atoms with van der Waals surface area (Å²) < 4.78 is 6.60. The molecule has 0 bridgehead atoms. The first kappa shape index (κ1) is 21.1. The monoisotopic (exact) mass is 451 g/mol. The molecule has 0 spiro atoms. The lowest BCUT2D eigenvalue weighted by Gasteiger charge is -2.06. The Labute approximate surface area is 194 Å². The van der Waals surface area contributed by atoms with Crippen LogP contribution in [-0.4, -0.2) is 38.9 Å². The van der Waals surface area contributed by atoms with Crippen LogP contribution in [0.5, 0.6) is 5.75 Å². The van der Waals surface area contributed by atoms with Crippen molar-refractivity contribution in [2.45, 2.75) is 6.54 Å². The fourth-order valence-electron chi connectivity index (χ4n) is 3.57. The number of aromatic nitrogens is 4. The molecule has 34 heavy (non-hydrogen) atoms. The Morgan fingerprint density at radius 3 is 2.50 bits per heavy atom. The first-order chi connectivity index (χ1) is 16.6. The van der Waals surface area contributed by atoms with Crippen molar-refractivity contribution in [3.8, 4) is 5.75 Å². The van der Waals surface area contributed by atoms with E-state index >= 15 is 0 Å². The van der Waals surface area contributed by atoms with Crippen molar-refractivity contribution >= 4 is 40.1 Å². The van der Waals surface area contributed by atoms with Crippen molar-refractivity contribution in [1.82, 2.24) is 24.9 Å². The van der Waals surface area contributed by atoms with Gasteiger partial charge in [0, 0.05) is 12.7 Å². The zero-order chi connectivity index (χ0) is 23.5. The number of rotatable bonds is 6. The number of nitrogens with two attached hydrogens (primary N) is 1. The lowest BCUT2D eigenvalue weighted by atomic mass is 10.2. The second-order valence-electron chi connectivity index (χ2n) is 7.49. The van der Waals surface area contributed by atoms with Crippen molar-refractivity contribution < 1.29 is 9.53 Å². The number of hydrogen-bond donors (Lipinski definition) is 2. The molecule has 1 amide bonds. The number of methoxy groups -OCH3 is 1. The molecule has 5 aromatic rings. The number of carbonyl (C=O) groups excluding carboxylic acids is 1. The van der Waals surface area contributed by atoms with Gasteiger partial charge in [0.1, 0.15) is 22.6 Å². The van der Waals surface area contributed by atoms with E-state index in [0.29, 0.717) is 34.4 Å². The quantitative estimate of drug-likeness (QED) is 0.382. The molecule has 2 aromatic carbocycles. The van der Waals surface area contributed by atoms with Gasteiger partial charge in [-0.25, -0.2) is 9.97 Å². The first-order valence-corrected chi connectivity index (χ1v) is 10.6. The number of fused-ring (bicyclic) bond motifs is 2. The molecule has 0 radical (unpaired) electrons. The summed E-state index contributed by atoms with van der Waals surface area (Å²) in [6, 6.07) is 20.4. The SMILES string of the molecule is COc1ccc(CNC(=O)c2c(N)n(N=Cc3ccccn3)c3nc4ccccc4nc23)cc1. The van der Waals surface area contributed by atoms with E-state index in [9.17, 15) is 4.79 Å². The number of hydrogen-bond acceptors (Lipinski definition) is 7. The van der Waals surface area contributed by atoms with E-state index < -0.39 is 0 Å². The van der Waals surface area contributed by atoms with E-state index in [2.05, 4.69) is 25.4 Å². The molecule has 0 atom stereocenters. The molecule has 0 fully saturated rings. The number of nitrogens with one attached hydrogen (secondary N) is 1. The number of benzene rings is 2. The van der Waals surface area contributed by atoms with Gasteiger partial charge in [0.05, 0.1) is 30.1 Å². The van der Waals surface area contributed by atoms with Gasteiger partial charge >= 0.3 is 0 Å². The molecule has 9 nitrogen and oxygen atoms in total. The summed E-state index contributed by atoms with van der Waals surface area (Å²) in [4.78, 5) is 26.8. The van der Waals surface area contributed by atoms with E-state index in [4.69, 9.17) is 10.5 Å². The molecule has 0 unspecified atom stereocenters. The Hall–Kier alpha value is -4.79. The smallest absolute Gasteiger partial charge is 0.257 e. The second kappa shape index (κ2) is 8.99. The molecule has 3 heterocycles. The molecule has 0 saturated heterocycles. The van der Waals surface area contributed by atoms with Gasteiger partial charge in [0.15, 0.2) is 5.65 Å². The van der Waals surface area contributed by atoms with Crippen LogP contribution >= 0.6 is 0 Å². The van der Waals surface area contributed by atoms with E-state index in [-0.39, 0.29) is 17.3 Å². The maximum atomic E-state index is 13.2. The zero-order valence-electron chi connectivity index (χ0n) is 18.3. The minimum atomic E-state index is -0.366. The van der Waals surface area contributed by atoms with Crippen LogP contribution in [0.3, 0.4) is 0 Å². The Morgan fingerprint density at radius 2 is 1.79 bits per heavy atom. The summed E-state index contributed by atoms with van der Waals surface area (Å²) in [5.74, 6) is 0.523. The summed E-state index contributed by atoms with van der Waals surface area (Å²) in [6.45, 7) is 0.313. The average molecular weight is 451 g/mol. The van der Waals surface area contributed by atoms with Crippen molar-refractivity contribution in [3.63, 3.8) is 0 Å². The highest BCUT2D eigenvalue weighted by molar-refractivity contribution is 6.10. The molecule has 0 aliphatic carbocycles. The fourth-order valence-corrected chi connectivity index (χ4v) is 3.57. The lowest BCUT2D eigenvalue weighted by molar-refractivity contribution is 0.0953. The van der Waals surface area contributed by atoms with Crippen LogP contribution < -0.4 is 15.8 Å². The highest BCUT2D eigenvalue weighted by Crippen LogP contribution is 2.28. The molecular weight excluding hydrogens is 430 g/mol. The van der Waals surface area contributed by atoms with Crippen LogP contribution in [0.15, 0.2) is 78.0 Å². The molecule has 9 heteroatoms. The Kier molecular flexibility index (Phi) is 5.57. The average Bonchev–Trinajstić information content (AvgIpc) is 3.15. The zero-order valence-corrected chi connectivity index (χ0v) is 18.3. The van der Waals surface area contributed by atoms with Gasteiger partial charge in [-0.3, -0.25) is 9.78 Å². The molecule has 0 aliphatic heterocycles. The minimum absolute atomic E-state index is 0.143. The fraction of sp³-hybridized carbons (Fsp3) is 0.0800. The molecular formula is C25H21N7O2. The van der Waals surface area contributed by atoms with Gasteiger partial charge in [0.25, 0.3) is 5.91 Å². The summed E-state index contributed by atoms with van der Waals surface area (Å²) >= 11 is 0. The maximum absolute atomic E-state index is 13.2. The predicted molar refractivity (Wildman–Crippen MR) is 131 cm³/mol. The van der Waals surface area contributed by atoms with Gasteiger partial charge in [-0.2, -0.15) is 9.78 Å². The summed E-state index contributed by atoms with van der Waals surface area (Å²) in [7, 11) is 1.61. The lowest BCUT2D eigenvalue weighted by Crippen LogP contribution is -2.23. The summed E-state index contributed by atoms with van der Waals surface area (Å²) in [6.07, 6.45) is 3.23. The van der Waals surface area contributed by atoms with E-state index in [1.165, 1.54) is 4.68 Å². The van der Waals surface area contributed by atoms with Crippen molar-refractivity contribution in [3.05, 3.63) is 89.7 Å². The van der Waals surface area contributed by atoms with Crippen LogP contribution in [0.25, 0.3) is 22.2 Å². The van der Waals surface area contributed by atoms with E-state index in [1.807, 2.05) is 66.7 Å². The Bertz CT molecular complexity index is 1510. The Balaban J connectivity index is 1.55. The number of ether oxygens (including phenoxy) is 1. The summed E-state index contributed by atoms with van der Waals surface area (Å²) in [5, 5.41) is 7.37. The third kappa shape index (κ3) is 4.02. The predicted octanol–water partition coefficient (Wildman–Crippen LogP) is 3.38. The summed E-state index contributed by atoms with van der Waals surface area (Å²) in [5.41, 5.74) is 10.3. The standard InChI is InChI=1S/C25H21N7O2/c1-34-18-11-9-16(10-12-18)14-28-25(33)21-22-24(31-20-8-3-2-7-19(20)30-22)32(23(21)26)29-15-17-6-4-5-13-27-17/h2-13,15H,14,26H2,1H3,(H,28,33). The minimum Gasteiger partial charge on any atom is -0.497 e. The van der Waals surface area contributed by atoms with Gasteiger partial charge in [0.2, 0.25) is 0 Å². The third-order valence-corrected chi connectivity index (χ3v) is 5.31. The molecule has 0 aliphatic rings. The normalized spacial score (nSPS) is 11.3. The maximum Gasteiger partial charge on any atom is 0.257 e. The van der Waals surface area contributed by atoms with Gasteiger partial charge in [-0.1, -0.05) is 30.3 Å². The van der Waals surface area contributed by atoms with Crippen LogP contribution in [0.2, 0.25) is 0 Å². The second-order valence-corrected chi connectivity index (χ2v) is 7.49. The molecule has 3 aromatic heterocycles. The number of nitrogen functional groups attached to an aromatic ring is 1. The van der Waals surface area contributed by atoms with Crippen molar-refractivity contribution in [2.24, 2.45) is 5.10 Å². The highest BCUT2D eigenvalue weighted by atomic mass is 16.5. The molecule has 5 rings (SSSR count). The van der Waals surface area contributed by atoms with Crippen molar-refractivity contribution in [1.29, 1.82) is 0 Å². The third-order valence-electron chi connectivity index (χ3n) is 5.31. The van der Waals surface area contributed by atoms with Gasteiger partial charge in [-0.15, -0.1) is 0 Å². The van der Waals surface area contributed by atoms with Crippen LogP contribution in [0, 0.1) is 0 Å². The van der Waals surface area contributed by atoms with Crippen LogP contribution in [0.4, 0.5) is 5.82 Å². The largest absolute Gasteiger partial charge is 0.497 e. The molecule has 3 N–H and O–H groups in total.